The molecule has 108 valence electrons. The van der Waals surface area contributed by atoms with Crippen LogP contribution in [0.4, 0.5) is 0 Å². The highest BCUT2D eigenvalue weighted by molar-refractivity contribution is 7.39. The van der Waals surface area contributed by atoms with Crippen molar-refractivity contribution in [2.45, 2.75) is 19.8 Å². The van der Waals surface area contributed by atoms with E-state index in [0.717, 1.165) is 0 Å². The van der Waals surface area contributed by atoms with Crippen LogP contribution >= 0.6 is 8.03 Å². The van der Waals surface area contributed by atoms with Gasteiger partial charge in [-0.3, -0.25) is 19.1 Å². The summed E-state index contributed by atoms with van der Waals surface area (Å²) in [6.45, 7) is 2.63. The fourth-order valence-corrected chi connectivity index (χ4v) is 3.22. The molecular weight excluding hydrogens is 277 g/mol. The molecule has 1 aromatic carbocycles. The van der Waals surface area contributed by atoms with Crippen molar-refractivity contribution in [1.82, 2.24) is 4.90 Å². The third-order valence-electron chi connectivity index (χ3n) is 3.20. The predicted octanol–water partition coefficient (Wildman–Crippen LogP) is 2.57. The summed E-state index contributed by atoms with van der Waals surface area (Å²) in [6, 6.07) is 6.84. The Morgan fingerprint density at radius 2 is 1.70 bits per heavy atom. The van der Waals surface area contributed by atoms with Crippen molar-refractivity contribution in [2.24, 2.45) is 0 Å². The summed E-state index contributed by atoms with van der Waals surface area (Å²) in [4.78, 5) is 25.4. The molecule has 5 nitrogen and oxygen atoms in total. The van der Waals surface area contributed by atoms with Crippen LogP contribution < -0.4 is 0 Å². The van der Waals surface area contributed by atoms with Crippen LogP contribution in [0.2, 0.25) is 0 Å². The minimum Gasteiger partial charge on any atom is -0.331 e. The number of carbonyl (C=O) groups excluding carboxylic acids is 2. The number of amides is 2. The molecule has 0 saturated carbocycles. The number of unbranched alkanes of at least 4 members (excludes halogenated alkanes) is 1. The monoisotopic (exact) mass is 295 g/mol. The van der Waals surface area contributed by atoms with Crippen LogP contribution in [-0.2, 0) is 9.09 Å². The van der Waals surface area contributed by atoms with Crippen molar-refractivity contribution in [3.63, 3.8) is 0 Å². The van der Waals surface area contributed by atoms with Gasteiger partial charge in [0.25, 0.3) is 11.8 Å². The zero-order chi connectivity index (χ0) is 14.5. The zero-order valence-electron chi connectivity index (χ0n) is 11.4. The summed E-state index contributed by atoms with van der Waals surface area (Å²) in [6.07, 6.45) is 1.84. The van der Waals surface area contributed by atoms with E-state index in [1.165, 1.54) is 4.90 Å². The summed E-state index contributed by atoms with van der Waals surface area (Å²) >= 11 is 0. The Bertz CT molecular complexity index is 509. The van der Waals surface area contributed by atoms with Gasteiger partial charge in [-0.1, -0.05) is 12.1 Å². The van der Waals surface area contributed by atoms with Crippen LogP contribution in [0.25, 0.3) is 0 Å². The van der Waals surface area contributed by atoms with Gasteiger partial charge in [0.05, 0.1) is 17.7 Å². The first-order valence-electron chi connectivity index (χ1n) is 6.76. The van der Waals surface area contributed by atoms with Crippen LogP contribution in [0.1, 0.15) is 40.5 Å². The number of hydrogen-bond acceptors (Lipinski definition) is 4. The predicted molar refractivity (Wildman–Crippen MR) is 76.5 cm³/mol. The summed E-state index contributed by atoms with van der Waals surface area (Å²) < 4.78 is 16.4. The molecule has 0 N–H and O–H groups in total. The van der Waals surface area contributed by atoms with Crippen LogP contribution in [-0.4, -0.2) is 36.0 Å². The lowest BCUT2D eigenvalue weighted by Gasteiger charge is -2.13. The molecule has 1 unspecified atom stereocenters. The summed E-state index contributed by atoms with van der Waals surface area (Å²) in [7, 11) is -1.95. The first kappa shape index (κ1) is 14.9. The maximum atomic E-state index is 12.1. The van der Waals surface area contributed by atoms with Crippen molar-refractivity contribution >= 4 is 19.8 Å². The molecule has 1 atom stereocenters. The molecule has 0 spiro atoms. The van der Waals surface area contributed by atoms with Crippen LogP contribution in [0, 0.1) is 0 Å². The van der Waals surface area contributed by atoms with Gasteiger partial charge in [-0.2, -0.15) is 0 Å². The summed E-state index contributed by atoms with van der Waals surface area (Å²) in [5.74, 6) is -0.467. The van der Waals surface area contributed by atoms with Crippen molar-refractivity contribution in [1.29, 1.82) is 0 Å². The van der Waals surface area contributed by atoms with E-state index in [0.29, 0.717) is 43.3 Å². The van der Waals surface area contributed by atoms with Gasteiger partial charge in [0, 0.05) is 12.7 Å². The van der Waals surface area contributed by atoms with Crippen molar-refractivity contribution in [3.8, 4) is 0 Å². The van der Waals surface area contributed by atoms with E-state index in [4.69, 9.17) is 4.52 Å². The lowest BCUT2D eigenvalue weighted by Crippen LogP contribution is -2.30. The van der Waals surface area contributed by atoms with Crippen LogP contribution in [0.5, 0.6) is 0 Å². The average molecular weight is 295 g/mol. The Balaban J connectivity index is 1.85. The van der Waals surface area contributed by atoms with E-state index < -0.39 is 8.03 Å². The molecule has 1 aromatic rings. The first-order valence-corrected chi connectivity index (χ1v) is 8.28. The van der Waals surface area contributed by atoms with Gasteiger partial charge in [0.1, 0.15) is 0 Å². The van der Waals surface area contributed by atoms with Gasteiger partial charge >= 0.3 is 0 Å². The third-order valence-corrected chi connectivity index (χ3v) is 4.57. The molecule has 0 fully saturated rings. The number of benzene rings is 1. The minimum atomic E-state index is -1.95. The Kier molecular flexibility index (Phi) is 5.10. The highest BCUT2D eigenvalue weighted by Crippen LogP contribution is 2.25. The highest BCUT2D eigenvalue weighted by atomic mass is 31.1. The second-order valence-corrected chi connectivity index (χ2v) is 6.10. The number of fused-ring (bicyclic) bond motifs is 1. The molecule has 1 heterocycles. The molecule has 1 aliphatic heterocycles. The standard InChI is InChI=1S/C14H18NO4P/c1-2-19-20(18)10-6-5-9-15-13(16)11-7-3-4-8-12(11)14(15)17/h3-4,7-8,20H,2,5-6,9-10H2,1H3. The number of rotatable bonds is 7. The van der Waals surface area contributed by atoms with E-state index >= 15 is 0 Å². The largest absolute Gasteiger partial charge is 0.331 e. The van der Waals surface area contributed by atoms with Gasteiger partial charge in [0.2, 0.25) is 0 Å². The average Bonchev–Trinajstić information content (AvgIpc) is 2.69. The Morgan fingerprint density at radius 3 is 2.25 bits per heavy atom. The van der Waals surface area contributed by atoms with Crippen molar-refractivity contribution in [3.05, 3.63) is 35.4 Å². The summed E-state index contributed by atoms with van der Waals surface area (Å²) in [5, 5.41) is 0. The number of imide groups is 1. The second kappa shape index (κ2) is 6.82. The van der Waals surface area contributed by atoms with E-state index in [-0.39, 0.29) is 11.8 Å². The number of nitrogens with zero attached hydrogens (tertiary/aromatic N) is 1. The molecule has 0 aliphatic carbocycles. The number of hydrogen-bond donors (Lipinski definition) is 0. The zero-order valence-corrected chi connectivity index (χ0v) is 12.4. The lowest BCUT2D eigenvalue weighted by molar-refractivity contribution is 0.0652. The van der Waals surface area contributed by atoms with Crippen LogP contribution in [0.3, 0.4) is 0 Å². The van der Waals surface area contributed by atoms with E-state index in [9.17, 15) is 14.2 Å². The van der Waals surface area contributed by atoms with E-state index in [2.05, 4.69) is 0 Å². The maximum absolute atomic E-state index is 12.1. The molecule has 6 heteroatoms. The molecule has 0 bridgehead atoms. The van der Waals surface area contributed by atoms with Gasteiger partial charge in [-0.15, -0.1) is 0 Å². The molecule has 20 heavy (non-hydrogen) atoms. The second-order valence-electron chi connectivity index (χ2n) is 4.57. The van der Waals surface area contributed by atoms with Crippen molar-refractivity contribution < 1.29 is 18.7 Å². The summed E-state index contributed by atoms with van der Waals surface area (Å²) in [5.41, 5.74) is 0.945. The normalized spacial score (nSPS) is 15.6. The topological polar surface area (TPSA) is 63.7 Å². The van der Waals surface area contributed by atoms with Crippen LogP contribution in [0.15, 0.2) is 24.3 Å². The van der Waals surface area contributed by atoms with E-state index in [1.807, 2.05) is 0 Å². The fraction of sp³-hybridized carbons (Fsp3) is 0.429. The quantitative estimate of drug-likeness (QED) is 0.440. The lowest BCUT2D eigenvalue weighted by atomic mass is 10.1. The first-order chi connectivity index (χ1) is 9.65. The minimum absolute atomic E-state index is 0.233. The molecule has 2 rings (SSSR count). The Hall–Kier alpha value is -1.45. The fourth-order valence-electron chi connectivity index (χ4n) is 2.21. The SMILES string of the molecule is CCO[PH](=O)CCCCN1C(=O)c2ccccc2C1=O. The van der Waals surface area contributed by atoms with Gasteiger partial charge in [0.15, 0.2) is 8.03 Å². The maximum Gasteiger partial charge on any atom is 0.261 e. The molecule has 0 aromatic heterocycles. The smallest absolute Gasteiger partial charge is 0.261 e. The third kappa shape index (κ3) is 3.17. The van der Waals surface area contributed by atoms with Gasteiger partial charge in [-0.25, -0.2) is 0 Å². The van der Waals surface area contributed by atoms with E-state index in [1.54, 1.807) is 31.2 Å². The molecule has 2 amide bonds. The van der Waals surface area contributed by atoms with Crippen molar-refractivity contribution in [2.75, 3.05) is 19.3 Å². The highest BCUT2D eigenvalue weighted by Gasteiger charge is 2.34. The van der Waals surface area contributed by atoms with Gasteiger partial charge < -0.3 is 4.52 Å². The molecule has 0 radical (unpaired) electrons. The molecule has 1 aliphatic rings. The Labute approximate surface area is 118 Å². The molecule has 0 saturated heterocycles. The van der Waals surface area contributed by atoms with Gasteiger partial charge in [-0.05, 0) is 31.9 Å². The number of carbonyl (C=O) groups is 2. The Morgan fingerprint density at radius 1 is 1.10 bits per heavy atom. The molecular formula is C14H18NO4P.